The van der Waals surface area contributed by atoms with Crippen molar-refractivity contribution in [3.05, 3.63) is 33.9 Å². The largest absolute Gasteiger partial charge is 0.487 e. The molecule has 0 aliphatic rings. The van der Waals surface area contributed by atoms with Crippen molar-refractivity contribution in [2.45, 2.75) is 25.6 Å². The standard InChI is InChI=1S/C12H15F3N2O3/c1-16-8-9-3-4-11(10(7-9)17(18)19)20-6-2-5-12(13,14)15/h3-4,7,16H,2,5-6,8H2,1H3. The second-order valence-corrected chi connectivity index (χ2v) is 4.16. The van der Waals surface area contributed by atoms with Gasteiger partial charge < -0.3 is 10.1 Å². The van der Waals surface area contributed by atoms with E-state index in [4.69, 9.17) is 4.74 Å². The number of rotatable bonds is 7. The second-order valence-electron chi connectivity index (χ2n) is 4.16. The molecule has 8 heteroatoms. The molecule has 5 nitrogen and oxygen atoms in total. The Morgan fingerprint density at radius 2 is 2.10 bits per heavy atom. The first-order chi connectivity index (χ1) is 9.33. The minimum atomic E-state index is -4.24. The Labute approximate surface area is 113 Å². The summed E-state index contributed by atoms with van der Waals surface area (Å²) in [5.41, 5.74) is 0.451. The summed E-state index contributed by atoms with van der Waals surface area (Å²) in [6.07, 6.45) is -5.45. The van der Waals surface area contributed by atoms with Gasteiger partial charge in [-0.2, -0.15) is 13.2 Å². The maximum Gasteiger partial charge on any atom is 0.389 e. The number of nitrogens with one attached hydrogen (secondary N) is 1. The van der Waals surface area contributed by atoms with Gasteiger partial charge in [0.25, 0.3) is 0 Å². The Morgan fingerprint density at radius 1 is 1.40 bits per heavy atom. The van der Waals surface area contributed by atoms with Gasteiger partial charge in [-0.25, -0.2) is 0 Å². The van der Waals surface area contributed by atoms with Gasteiger partial charge >= 0.3 is 11.9 Å². The van der Waals surface area contributed by atoms with Gasteiger partial charge in [-0.15, -0.1) is 0 Å². The highest BCUT2D eigenvalue weighted by Crippen LogP contribution is 2.29. The zero-order valence-electron chi connectivity index (χ0n) is 10.9. The Hall–Kier alpha value is -1.83. The van der Waals surface area contributed by atoms with E-state index in [0.29, 0.717) is 12.1 Å². The predicted molar refractivity (Wildman–Crippen MR) is 66.6 cm³/mol. The van der Waals surface area contributed by atoms with Crippen LogP contribution in [0.2, 0.25) is 0 Å². The van der Waals surface area contributed by atoms with E-state index in [-0.39, 0.29) is 24.5 Å². The van der Waals surface area contributed by atoms with Crippen LogP contribution in [0.25, 0.3) is 0 Å². The number of hydrogen-bond donors (Lipinski definition) is 1. The molecule has 1 rings (SSSR count). The summed E-state index contributed by atoms with van der Waals surface area (Å²) in [5.74, 6) is -0.0166. The molecule has 0 aliphatic carbocycles. The predicted octanol–water partition coefficient (Wildman–Crippen LogP) is 3.04. The molecule has 0 unspecified atom stereocenters. The van der Waals surface area contributed by atoms with Gasteiger partial charge in [0.05, 0.1) is 11.5 Å². The van der Waals surface area contributed by atoms with Gasteiger partial charge in [0, 0.05) is 19.0 Å². The molecule has 20 heavy (non-hydrogen) atoms. The summed E-state index contributed by atoms with van der Waals surface area (Å²) >= 11 is 0. The van der Waals surface area contributed by atoms with Crippen LogP contribution in [0.3, 0.4) is 0 Å². The van der Waals surface area contributed by atoms with Crippen LogP contribution >= 0.6 is 0 Å². The lowest BCUT2D eigenvalue weighted by molar-refractivity contribution is -0.385. The third-order valence-electron chi connectivity index (χ3n) is 2.46. The monoisotopic (exact) mass is 292 g/mol. The lowest BCUT2D eigenvalue weighted by atomic mass is 10.2. The van der Waals surface area contributed by atoms with Crippen molar-refractivity contribution in [2.75, 3.05) is 13.7 Å². The molecule has 112 valence electrons. The molecule has 0 saturated heterocycles. The Bertz CT molecular complexity index is 464. The first-order valence-electron chi connectivity index (χ1n) is 5.95. The van der Waals surface area contributed by atoms with Gasteiger partial charge in [0.2, 0.25) is 0 Å². The fourth-order valence-electron chi connectivity index (χ4n) is 1.60. The van der Waals surface area contributed by atoms with Gasteiger partial charge in [-0.3, -0.25) is 10.1 Å². The van der Waals surface area contributed by atoms with Crippen LogP contribution in [0.15, 0.2) is 18.2 Å². The third kappa shape index (κ3) is 5.43. The zero-order chi connectivity index (χ0) is 15.2. The summed E-state index contributed by atoms with van der Waals surface area (Å²) in [7, 11) is 1.70. The maximum absolute atomic E-state index is 12.0. The second kappa shape index (κ2) is 7.09. The summed E-state index contributed by atoms with van der Waals surface area (Å²) in [4.78, 5) is 10.3. The number of benzene rings is 1. The van der Waals surface area contributed by atoms with Crippen LogP contribution in [0.5, 0.6) is 5.75 Å². The van der Waals surface area contributed by atoms with E-state index in [1.165, 1.54) is 12.1 Å². The van der Waals surface area contributed by atoms with Crippen molar-refractivity contribution < 1.29 is 22.8 Å². The minimum Gasteiger partial charge on any atom is -0.487 e. The van der Waals surface area contributed by atoms with E-state index in [2.05, 4.69) is 5.32 Å². The van der Waals surface area contributed by atoms with Crippen molar-refractivity contribution in [3.8, 4) is 5.75 Å². The van der Waals surface area contributed by atoms with E-state index >= 15 is 0 Å². The summed E-state index contributed by atoms with van der Waals surface area (Å²) in [6, 6.07) is 4.37. The number of halogens is 3. The third-order valence-corrected chi connectivity index (χ3v) is 2.46. The molecule has 1 aromatic carbocycles. The average Bonchev–Trinajstić information content (AvgIpc) is 2.35. The van der Waals surface area contributed by atoms with E-state index in [0.717, 1.165) is 0 Å². The highest BCUT2D eigenvalue weighted by molar-refractivity contribution is 5.48. The van der Waals surface area contributed by atoms with Crippen molar-refractivity contribution in [1.82, 2.24) is 5.32 Å². The molecule has 0 radical (unpaired) electrons. The van der Waals surface area contributed by atoms with Crippen molar-refractivity contribution in [1.29, 1.82) is 0 Å². The average molecular weight is 292 g/mol. The topological polar surface area (TPSA) is 64.4 Å². The van der Waals surface area contributed by atoms with Crippen LogP contribution < -0.4 is 10.1 Å². The SMILES string of the molecule is CNCc1ccc(OCCCC(F)(F)F)c([N+](=O)[O-])c1. The first-order valence-corrected chi connectivity index (χ1v) is 5.95. The summed E-state index contributed by atoms with van der Waals surface area (Å²) in [6.45, 7) is 0.237. The Morgan fingerprint density at radius 3 is 2.65 bits per heavy atom. The smallest absolute Gasteiger partial charge is 0.389 e. The van der Waals surface area contributed by atoms with Gasteiger partial charge in [0.1, 0.15) is 0 Å². The number of alkyl halides is 3. The molecule has 0 fully saturated rings. The van der Waals surface area contributed by atoms with Crippen LogP contribution in [-0.2, 0) is 6.54 Å². The lowest BCUT2D eigenvalue weighted by Gasteiger charge is -2.09. The van der Waals surface area contributed by atoms with Crippen LogP contribution in [-0.4, -0.2) is 24.8 Å². The molecule has 1 N–H and O–H groups in total. The van der Waals surface area contributed by atoms with Gasteiger partial charge in [0.15, 0.2) is 5.75 Å². The molecule has 0 aromatic heterocycles. The fourth-order valence-corrected chi connectivity index (χ4v) is 1.60. The van der Waals surface area contributed by atoms with Crippen LogP contribution in [0.1, 0.15) is 18.4 Å². The first kappa shape index (κ1) is 16.2. The van der Waals surface area contributed by atoms with Crippen LogP contribution in [0.4, 0.5) is 18.9 Å². The van der Waals surface area contributed by atoms with Gasteiger partial charge in [-0.1, -0.05) is 6.07 Å². The molecule has 0 bridgehead atoms. The molecular weight excluding hydrogens is 277 g/mol. The molecule has 0 atom stereocenters. The normalized spacial score (nSPS) is 11.4. The zero-order valence-corrected chi connectivity index (χ0v) is 10.9. The van der Waals surface area contributed by atoms with Crippen molar-refractivity contribution >= 4 is 5.69 Å². The molecule has 0 heterocycles. The Balaban J connectivity index is 2.67. The van der Waals surface area contributed by atoms with E-state index in [9.17, 15) is 23.3 Å². The highest BCUT2D eigenvalue weighted by atomic mass is 19.4. The lowest BCUT2D eigenvalue weighted by Crippen LogP contribution is -2.10. The summed E-state index contributed by atoms with van der Waals surface area (Å²) in [5, 5.41) is 13.7. The quantitative estimate of drug-likeness (QED) is 0.476. The molecule has 0 spiro atoms. The number of nitrogens with zero attached hydrogens (tertiary/aromatic N) is 1. The molecule has 0 aliphatic heterocycles. The number of ether oxygens (including phenoxy) is 1. The Kier molecular flexibility index (Phi) is 5.75. The number of nitro benzene ring substituents is 1. The van der Waals surface area contributed by atoms with Gasteiger partial charge in [-0.05, 0) is 25.1 Å². The number of hydrogen-bond acceptors (Lipinski definition) is 4. The minimum absolute atomic E-state index is 0.0166. The molecule has 1 aromatic rings. The number of nitro groups is 1. The fraction of sp³-hybridized carbons (Fsp3) is 0.500. The van der Waals surface area contributed by atoms with E-state index in [1.54, 1.807) is 13.1 Å². The van der Waals surface area contributed by atoms with Crippen LogP contribution in [0, 0.1) is 10.1 Å². The van der Waals surface area contributed by atoms with Crippen molar-refractivity contribution in [2.24, 2.45) is 0 Å². The molecule has 0 amide bonds. The summed E-state index contributed by atoms with van der Waals surface area (Å²) < 4.78 is 40.9. The maximum atomic E-state index is 12.0. The highest BCUT2D eigenvalue weighted by Gasteiger charge is 2.26. The van der Waals surface area contributed by atoms with Crippen molar-refractivity contribution in [3.63, 3.8) is 0 Å². The van der Waals surface area contributed by atoms with E-state index in [1.807, 2.05) is 0 Å². The molecule has 0 saturated carbocycles. The molecular formula is C12H15F3N2O3. The van der Waals surface area contributed by atoms with E-state index < -0.39 is 17.5 Å².